The van der Waals surface area contributed by atoms with E-state index in [9.17, 15) is 4.79 Å². The summed E-state index contributed by atoms with van der Waals surface area (Å²) in [5, 5.41) is 0. The van der Waals surface area contributed by atoms with E-state index in [0.717, 1.165) is 16.0 Å². The third-order valence-corrected chi connectivity index (χ3v) is 2.04. The molecule has 0 atom stereocenters. The molecule has 0 unspecified atom stereocenters. The van der Waals surface area contributed by atoms with E-state index in [4.69, 9.17) is 0 Å². The van der Waals surface area contributed by atoms with Crippen molar-refractivity contribution >= 4 is 18.4 Å². The van der Waals surface area contributed by atoms with Crippen molar-refractivity contribution in [3.63, 3.8) is 0 Å². The van der Waals surface area contributed by atoms with Crippen LogP contribution in [0.4, 0.5) is 0 Å². The summed E-state index contributed by atoms with van der Waals surface area (Å²) in [5.74, 6) is 0.199. The normalized spacial score (nSPS) is 9.92. The Morgan fingerprint density at radius 2 is 2.17 bits per heavy atom. The number of carbonyl (C=O) groups excluding carboxylic acids is 1. The van der Waals surface area contributed by atoms with Crippen LogP contribution in [0.2, 0.25) is 0 Å². The van der Waals surface area contributed by atoms with E-state index in [1.165, 1.54) is 0 Å². The zero-order valence-corrected chi connectivity index (χ0v) is 8.19. The van der Waals surface area contributed by atoms with Gasteiger partial charge in [-0.05, 0) is 37.1 Å². The molecule has 12 heavy (non-hydrogen) atoms. The molecule has 0 amide bonds. The van der Waals surface area contributed by atoms with Crippen molar-refractivity contribution in [2.45, 2.75) is 25.2 Å². The Balaban J connectivity index is 2.93. The number of carbonyl (C=O) groups is 1. The van der Waals surface area contributed by atoms with E-state index in [-0.39, 0.29) is 5.78 Å². The van der Waals surface area contributed by atoms with Crippen LogP contribution in [0.25, 0.3) is 0 Å². The minimum absolute atomic E-state index is 0.199. The predicted molar refractivity (Wildman–Crippen MR) is 52.8 cm³/mol. The monoisotopic (exact) mass is 180 g/mol. The van der Waals surface area contributed by atoms with Gasteiger partial charge in [-0.2, -0.15) is 0 Å². The van der Waals surface area contributed by atoms with Crippen LogP contribution in [0.5, 0.6) is 0 Å². The molecule has 0 aliphatic rings. The molecule has 0 N–H and O–H groups in total. The van der Waals surface area contributed by atoms with Gasteiger partial charge in [-0.1, -0.05) is 6.07 Å². The summed E-state index contributed by atoms with van der Waals surface area (Å²) >= 11 is 4.21. The first-order valence-corrected chi connectivity index (χ1v) is 4.32. The van der Waals surface area contributed by atoms with Gasteiger partial charge in [0.05, 0.1) is 0 Å². The number of hydrogen-bond donors (Lipinski definition) is 1. The summed E-state index contributed by atoms with van der Waals surface area (Å²) in [6, 6.07) is 5.84. The van der Waals surface area contributed by atoms with E-state index in [1.807, 2.05) is 25.1 Å². The second kappa shape index (κ2) is 3.76. The maximum absolute atomic E-state index is 10.8. The fourth-order valence-corrected chi connectivity index (χ4v) is 1.41. The fraction of sp³-hybridized carbons (Fsp3) is 0.300. The average molecular weight is 180 g/mol. The number of rotatable bonds is 2. The van der Waals surface area contributed by atoms with Gasteiger partial charge in [0.2, 0.25) is 0 Å². The highest BCUT2D eigenvalue weighted by molar-refractivity contribution is 7.80. The van der Waals surface area contributed by atoms with Crippen molar-refractivity contribution in [1.29, 1.82) is 0 Å². The predicted octanol–water partition coefficient (Wildman–Crippen LogP) is 2.42. The summed E-state index contributed by atoms with van der Waals surface area (Å²) in [5.41, 5.74) is 2.23. The van der Waals surface area contributed by atoms with Gasteiger partial charge in [0.25, 0.3) is 0 Å². The van der Waals surface area contributed by atoms with Crippen molar-refractivity contribution < 1.29 is 4.79 Å². The molecule has 0 radical (unpaired) electrons. The third-order valence-electron chi connectivity index (χ3n) is 1.77. The van der Waals surface area contributed by atoms with Gasteiger partial charge in [-0.15, -0.1) is 12.6 Å². The van der Waals surface area contributed by atoms with Crippen LogP contribution in [0, 0.1) is 6.92 Å². The summed E-state index contributed by atoms with van der Waals surface area (Å²) < 4.78 is 0. The fourth-order valence-electron chi connectivity index (χ4n) is 1.15. The van der Waals surface area contributed by atoms with Crippen LogP contribution in [0.1, 0.15) is 18.1 Å². The van der Waals surface area contributed by atoms with E-state index in [2.05, 4.69) is 12.6 Å². The first-order chi connectivity index (χ1) is 5.59. The lowest BCUT2D eigenvalue weighted by Gasteiger charge is -2.03. The Morgan fingerprint density at radius 1 is 1.50 bits per heavy atom. The molecule has 0 heterocycles. The second-order valence-electron chi connectivity index (χ2n) is 2.99. The van der Waals surface area contributed by atoms with E-state index >= 15 is 0 Å². The molecule has 64 valence electrons. The number of benzene rings is 1. The van der Waals surface area contributed by atoms with Gasteiger partial charge in [0.1, 0.15) is 5.78 Å². The highest BCUT2D eigenvalue weighted by Crippen LogP contribution is 2.14. The molecule has 2 heteroatoms. The Kier molecular flexibility index (Phi) is 2.93. The van der Waals surface area contributed by atoms with Crippen molar-refractivity contribution in [2.24, 2.45) is 0 Å². The molecule has 0 fully saturated rings. The van der Waals surface area contributed by atoms with E-state index in [1.54, 1.807) is 6.92 Å². The maximum atomic E-state index is 10.8. The minimum atomic E-state index is 0.199. The number of Topliss-reactive ketones (excluding diaryl/α,β-unsaturated/α-hetero) is 1. The summed E-state index contributed by atoms with van der Waals surface area (Å²) in [6.07, 6.45) is 0.528. The molecule has 0 spiro atoms. The zero-order chi connectivity index (χ0) is 9.14. The Bertz CT molecular complexity index is 305. The molecule has 1 nitrogen and oxygen atoms in total. The maximum Gasteiger partial charge on any atom is 0.134 e. The van der Waals surface area contributed by atoms with Crippen LogP contribution in [-0.2, 0) is 11.2 Å². The first kappa shape index (κ1) is 9.33. The summed E-state index contributed by atoms with van der Waals surface area (Å²) in [7, 11) is 0. The molecule has 0 bridgehead atoms. The van der Waals surface area contributed by atoms with Gasteiger partial charge < -0.3 is 0 Å². The standard InChI is InChI=1S/C10H12OS/c1-7-5-10(12)4-3-9(7)6-8(2)11/h3-5,12H,6H2,1-2H3. The van der Waals surface area contributed by atoms with Crippen LogP contribution in [-0.4, -0.2) is 5.78 Å². The Hall–Kier alpha value is -0.760. The molecule has 1 rings (SSSR count). The number of hydrogen-bond acceptors (Lipinski definition) is 2. The van der Waals surface area contributed by atoms with Crippen molar-refractivity contribution in [1.82, 2.24) is 0 Å². The molecule has 0 aliphatic carbocycles. The smallest absolute Gasteiger partial charge is 0.134 e. The van der Waals surface area contributed by atoms with Gasteiger partial charge in [-0.3, -0.25) is 4.79 Å². The van der Waals surface area contributed by atoms with Gasteiger partial charge >= 0.3 is 0 Å². The molecule has 1 aromatic rings. The average Bonchev–Trinajstić information content (AvgIpc) is 1.94. The van der Waals surface area contributed by atoms with Crippen LogP contribution < -0.4 is 0 Å². The highest BCUT2D eigenvalue weighted by Gasteiger charge is 2.00. The lowest BCUT2D eigenvalue weighted by Crippen LogP contribution is -1.98. The van der Waals surface area contributed by atoms with Crippen molar-refractivity contribution in [3.05, 3.63) is 29.3 Å². The van der Waals surface area contributed by atoms with Gasteiger partial charge in [-0.25, -0.2) is 0 Å². The quantitative estimate of drug-likeness (QED) is 0.692. The SMILES string of the molecule is CC(=O)Cc1ccc(S)cc1C. The topological polar surface area (TPSA) is 17.1 Å². The van der Waals surface area contributed by atoms with Crippen LogP contribution >= 0.6 is 12.6 Å². The number of aryl methyl sites for hydroxylation is 1. The van der Waals surface area contributed by atoms with Gasteiger partial charge in [0, 0.05) is 11.3 Å². The molecular formula is C10H12OS. The Morgan fingerprint density at radius 3 is 2.67 bits per heavy atom. The molecule has 0 saturated carbocycles. The minimum Gasteiger partial charge on any atom is -0.300 e. The summed E-state index contributed by atoms with van der Waals surface area (Å²) in [4.78, 5) is 11.8. The molecule has 0 aromatic heterocycles. The number of ketones is 1. The first-order valence-electron chi connectivity index (χ1n) is 3.87. The Labute approximate surface area is 78.2 Å². The zero-order valence-electron chi connectivity index (χ0n) is 7.29. The molecule has 0 saturated heterocycles. The lowest BCUT2D eigenvalue weighted by atomic mass is 10.0. The number of thiol groups is 1. The van der Waals surface area contributed by atoms with Crippen LogP contribution in [0.3, 0.4) is 0 Å². The van der Waals surface area contributed by atoms with Crippen molar-refractivity contribution in [3.8, 4) is 0 Å². The summed E-state index contributed by atoms with van der Waals surface area (Å²) in [6.45, 7) is 3.60. The van der Waals surface area contributed by atoms with Crippen molar-refractivity contribution in [2.75, 3.05) is 0 Å². The molecule has 1 aromatic carbocycles. The third kappa shape index (κ3) is 2.38. The van der Waals surface area contributed by atoms with Gasteiger partial charge in [0.15, 0.2) is 0 Å². The van der Waals surface area contributed by atoms with Crippen LogP contribution in [0.15, 0.2) is 23.1 Å². The highest BCUT2D eigenvalue weighted by atomic mass is 32.1. The molecule has 0 aliphatic heterocycles. The molecular weight excluding hydrogens is 168 g/mol. The van der Waals surface area contributed by atoms with E-state index in [0.29, 0.717) is 6.42 Å². The lowest BCUT2D eigenvalue weighted by molar-refractivity contribution is -0.116. The second-order valence-corrected chi connectivity index (χ2v) is 3.51. The largest absolute Gasteiger partial charge is 0.300 e. The van der Waals surface area contributed by atoms with E-state index < -0.39 is 0 Å².